The minimum atomic E-state index is -3.12. The molecule has 1 aliphatic rings. The first-order chi connectivity index (χ1) is 16.8. The molecule has 0 saturated carbocycles. The van der Waals surface area contributed by atoms with E-state index in [-0.39, 0.29) is 22.5 Å². The molecule has 0 spiro atoms. The monoisotopic (exact) mass is 527 g/mol. The third kappa shape index (κ3) is 6.08. The average Bonchev–Trinajstić information content (AvgIpc) is 3.16. The van der Waals surface area contributed by atoms with Crippen molar-refractivity contribution in [3.8, 4) is 17.1 Å². The van der Waals surface area contributed by atoms with Gasteiger partial charge in [-0.2, -0.15) is 13.9 Å². The fourth-order valence-electron chi connectivity index (χ4n) is 3.48. The molecule has 1 aliphatic heterocycles. The summed E-state index contributed by atoms with van der Waals surface area (Å²) in [5.74, 6) is 0.373. The van der Waals surface area contributed by atoms with Crippen LogP contribution in [0.4, 0.5) is 13.2 Å². The van der Waals surface area contributed by atoms with E-state index in [1.807, 2.05) is 7.05 Å². The molecule has 0 radical (unpaired) electrons. The van der Waals surface area contributed by atoms with Crippen LogP contribution >= 0.6 is 0 Å². The van der Waals surface area contributed by atoms with E-state index in [9.17, 15) is 27.3 Å². The summed E-state index contributed by atoms with van der Waals surface area (Å²) in [5.41, 5.74) is -0.491. The van der Waals surface area contributed by atoms with Gasteiger partial charge in [0.1, 0.15) is 11.4 Å². The van der Waals surface area contributed by atoms with Gasteiger partial charge in [-0.25, -0.2) is 9.37 Å². The van der Waals surface area contributed by atoms with Gasteiger partial charge >= 0.3 is 6.61 Å². The number of hydrogen-bond acceptors (Lipinski definition) is 8. The number of nitrogens with zero attached hydrogens (tertiary/aromatic N) is 4. The molecular weight excluding hydrogens is 499 g/mol. The minimum Gasteiger partial charge on any atom is -0.417 e. The molecule has 3 aromatic rings. The highest BCUT2D eigenvalue weighted by Crippen LogP contribution is 2.34. The molecule has 1 atom stereocenters. The standard InChI is InChI=1S/C18H17F3N4O3.C5H11NOS/c1-9(18(2,3)27)25-14-4-10(8-26)22-6-12(14)16(24-25)11-5-15(28-17(20)21)23-7-13(11)19;1-5(6-2)3-8(7)4-5/h4-9,17,27H,1-3H3;6H,3-4H2,1-2H3. The number of pyridine rings is 2. The Morgan fingerprint density at radius 3 is 2.44 bits per heavy atom. The Labute approximate surface area is 208 Å². The number of hydrogen-bond donors (Lipinski definition) is 2. The topological polar surface area (TPSA) is 119 Å². The molecule has 0 aliphatic carbocycles. The summed E-state index contributed by atoms with van der Waals surface area (Å²) >= 11 is 0. The molecular formula is C23H28F3N5O4S. The van der Waals surface area contributed by atoms with E-state index in [1.54, 1.807) is 20.8 Å². The summed E-state index contributed by atoms with van der Waals surface area (Å²) in [5, 5.41) is 18.2. The van der Waals surface area contributed by atoms with Crippen molar-refractivity contribution in [3.05, 3.63) is 36.0 Å². The lowest BCUT2D eigenvalue weighted by molar-refractivity contribution is -0.0528. The van der Waals surface area contributed by atoms with Crippen molar-refractivity contribution < 1.29 is 32.0 Å². The van der Waals surface area contributed by atoms with Gasteiger partial charge in [0.2, 0.25) is 5.88 Å². The van der Waals surface area contributed by atoms with E-state index in [4.69, 9.17) is 0 Å². The Balaban J connectivity index is 0.000000383. The highest BCUT2D eigenvalue weighted by Gasteiger charge is 2.36. The highest BCUT2D eigenvalue weighted by molar-refractivity contribution is 7.86. The summed E-state index contributed by atoms with van der Waals surface area (Å²) < 4.78 is 55.6. The number of halogens is 3. The van der Waals surface area contributed by atoms with Crippen LogP contribution in [0.25, 0.3) is 22.2 Å². The van der Waals surface area contributed by atoms with Crippen LogP contribution in [0.5, 0.6) is 5.88 Å². The normalized spacial score (nSPS) is 20.4. The average molecular weight is 528 g/mol. The van der Waals surface area contributed by atoms with Crippen molar-refractivity contribution in [1.82, 2.24) is 25.1 Å². The van der Waals surface area contributed by atoms with Gasteiger partial charge in [-0.05, 0) is 40.8 Å². The summed E-state index contributed by atoms with van der Waals surface area (Å²) in [6.07, 6.45) is 2.64. The molecule has 0 bridgehead atoms. The van der Waals surface area contributed by atoms with Crippen molar-refractivity contribution in [2.45, 2.75) is 51.5 Å². The van der Waals surface area contributed by atoms with Crippen LogP contribution in [0.3, 0.4) is 0 Å². The Kier molecular flexibility index (Phi) is 8.16. The van der Waals surface area contributed by atoms with E-state index >= 15 is 0 Å². The first-order valence-electron chi connectivity index (χ1n) is 11.0. The lowest BCUT2D eigenvalue weighted by Gasteiger charge is -2.36. The van der Waals surface area contributed by atoms with Gasteiger partial charge in [0.05, 0.1) is 23.4 Å². The number of aromatic nitrogens is 4. The van der Waals surface area contributed by atoms with Crippen LogP contribution < -0.4 is 10.1 Å². The number of nitrogens with one attached hydrogen (secondary N) is 1. The zero-order valence-electron chi connectivity index (χ0n) is 20.5. The second-order valence-corrected chi connectivity index (χ2v) is 10.7. The molecule has 2 N–H and O–H groups in total. The van der Waals surface area contributed by atoms with Gasteiger partial charge < -0.3 is 15.2 Å². The highest BCUT2D eigenvalue weighted by atomic mass is 32.2. The van der Waals surface area contributed by atoms with Crippen LogP contribution in [0.2, 0.25) is 0 Å². The first kappa shape index (κ1) is 27.7. The van der Waals surface area contributed by atoms with E-state index in [1.165, 1.54) is 16.9 Å². The molecule has 9 nitrogen and oxygen atoms in total. The largest absolute Gasteiger partial charge is 0.417 e. The Morgan fingerprint density at radius 1 is 1.28 bits per heavy atom. The molecule has 0 amide bonds. The molecule has 4 heterocycles. The second-order valence-electron chi connectivity index (χ2n) is 9.29. The van der Waals surface area contributed by atoms with Gasteiger partial charge in [0.15, 0.2) is 12.1 Å². The maximum Gasteiger partial charge on any atom is 0.388 e. The third-order valence-corrected chi connectivity index (χ3v) is 7.90. The third-order valence-electron chi connectivity index (χ3n) is 5.98. The number of carbonyl (C=O) groups is 1. The van der Waals surface area contributed by atoms with Crippen LogP contribution in [0.1, 0.15) is 44.2 Å². The number of carbonyl (C=O) groups excluding carboxylic acids is 1. The fourth-order valence-corrected chi connectivity index (χ4v) is 5.10. The SMILES string of the molecule is CC(n1nc(-c2cc(OC(F)F)ncc2F)c2cnc(C=O)cc21)C(C)(C)O.CNC1(C)CS(=O)C1. The summed E-state index contributed by atoms with van der Waals surface area (Å²) in [4.78, 5) is 18.6. The number of fused-ring (bicyclic) bond motifs is 1. The summed E-state index contributed by atoms with van der Waals surface area (Å²) in [6.45, 7) is 3.83. The van der Waals surface area contributed by atoms with Gasteiger partial charge in [-0.15, -0.1) is 0 Å². The first-order valence-corrected chi connectivity index (χ1v) is 12.5. The summed E-state index contributed by atoms with van der Waals surface area (Å²) in [6, 6.07) is 1.90. The quantitative estimate of drug-likeness (QED) is 0.450. The van der Waals surface area contributed by atoms with E-state index < -0.39 is 40.8 Å². The number of ether oxygens (including phenoxy) is 1. The minimum absolute atomic E-state index is 0.0927. The molecule has 0 aromatic carbocycles. The zero-order valence-corrected chi connectivity index (χ0v) is 21.3. The lowest BCUT2D eigenvalue weighted by Crippen LogP contribution is -2.58. The molecule has 13 heteroatoms. The van der Waals surface area contributed by atoms with E-state index in [0.717, 1.165) is 23.8 Å². The van der Waals surface area contributed by atoms with Crippen molar-refractivity contribution in [3.63, 3.8) is 0 Å². The molecule has 196 valence electrons. The smallest absolute Gasteiger partial charge is 0.388 e. The Hall–Kier alpha value is -2.90. The Morgan fingerprint density at radius 2 is 1.94 bits per heavy atom. The number of aldehydes is 1. The van der Waals surface area contributed by atoms with Gasteiger partial charge in [0, 0.05) is 51.1 Å². The number of aliphatic hydroxyl groups is 1. The van der Waals surface area contributed by atoms with Crippen LogP contribution in [-0.4, -0.2) is 71.7 Å². The van der Waals surface area contributed by atoms with Gasteiger partial charge in [-0.1, -0.05) is 0 Å². The van der Waals surface area contributed by atoms with Gasteiger partial charge in [0.25, 0.3) is 0 Å². The fraction of sp³-hybridized carbons (Fsp3) is 0.478. The van der Waals surface area contributed by atoms with E-state index in [0.29, 0.717) is 17.2 Å². The molecule has 1 fully saturated rings. The maximum atomic E-state index is 14.4. The predicted molar refractivity (Wildman–Crippen MR) is 129 cm³/mol. The molecule has 36 heavy (non-hydrogen) atoms. The lowest BCUT2D eigenvalue weighted by atomic mass is 10.0. The predicted octanol–water partition coefficient (Wildman–Crippen LogP) is 3.11. The van der Waals surface area contributed by atoms with Crippen molar-refractivity contribution in [2.75, 3.05) is 18.6 Å². The molecule has 4 rings (SSSR count). The second kappa shape index (κ2) is 10.6. The van der Waals surface area contributed by atoms with Gasteiger partial charge in [-0.3, -0.25) is 18.7 Å². The van der Waals surface area contributed by atoms with Crippen LogP contribution in [0.15, 0.2) is 24.5 Å². The molecule has 1 unspecified atom stereocenters. The molecule has 3 aromatic heterocycles. The van der Waals surface area contributed by atoms with Crippen LogP contribution in [-0.2, 0) is 10.8 Å². The van der Waals surface area contributed by atoms with E-state index in [2.05, 4.69) is 32.0 Å². The maximum absolute atomic E-state index is 14.4. The van der Waals surface area contributed by atoms with Crippen molar-refractivity contribution in [2.24, 2.45) is 0 Å². The van der Waals surface area contributed by atoms with Crippen molar-refractivity contribution in [1.29, 1.82) is 0 Å². The number of alkyl halides is 2. The number of rotatable bonds is 7. The Bertz CT molecular complexity index is 1270. The zero-order chi connectivity index (χ0) is 26.8. The van der Waals surface area contributed by atoms with Crippen molar-refractivity contribution >= 4 is 28.0 Å². The molecule has 1 saturated heterocycles. The van der Waals surface area contributed by atoms with Crippen LogP contribution in [0, 0.1) is 5.82 Å². The summed E-state index contributed by atoms with van der Waals surface area (Å²) in [7, 11) is 1.39.